The Labute approximate surface area is 174 Å². The second kappa shape index (κ2) is 8.74. The van der Waals surface area contributed by atoms with Crippen LogP contribution in [0.25, 0.3) is 22.6 Å². The standard InChI is InChI=1S/C25H21FN2O2/c1-17-12-13-20(26)16-21(17)27-22(29)14-15-23-28-24(18-8-4-2-5-9-18)25(30-23)19-10-6-3-7-11-19/h2-13,16H,14-15H2,1H3,(H,27,29). The minimum absolute atomic E-state index is 0.179. The third-order valence-electron chi connectivity index (χ3n) is 4.79. The molecule has 1 N–H and O–H groups in total. The Balaban J connectivity index is 1.54. The summed E-state index contributed by atoms with van der Waals surface area (Å²) < 4.78 is 19.5. The van der Waals surface area contributed by atoms with Crippen LogP contribution >= 0.6 is 0 Å². The number of benzene rings is 3. The van der Waals surface area contributed by atoms with E-state index in [1.54, 1.807) is 6.07 Å². The summed E-state index contributed by atoms with van der Waals surface area (Å²) in [5.74, 6) is 0.560. The normalized spacial score (nSPS) is 10.7. The lowest BCUT2D eigenvalue weighted by Gasteiger charge is -2.07. The quantitative estimate of drug-likeness (QED) is 0.430. The molecule has 1 heterocycles. The van der Waals surface area contributed by atoms with Gasteiger partial charge in [0.2, 0.25) is 5.91 Å². The summed E-state index contributed by atoms with van der Waals surface area (Å²) in [6, 6.07) is 23.9. The van der Waals surface area contributed by atoms with Crippen molar-refractivity contribution < 1.29 is 13.6 Å². The van der Waals surface area contributed by atoms with Crippen LogP contribution in [0.15, 0.2) is 83.3 Å². The fourth-order valence-corrected chi connectivity index (χ4v) is 3.21. The first-order chi connectivity index (χ1) is 14.6. The van der Waals surface area contributed by atoms with Gasteiger partial charge in [0.05, 0.1) is 0 Å². The van der Waals surface area contributed by atoms with Crippen molar-refractivity contribution in [1.82, 2.24) is 4.98 Å². The lowest BCUT2D eigenvalue weighted by Crippen LogP contribution is -2.13. The highest BCUT2D eigenvalue weighted by Crippen LogP contribution is 2.32. The second-order valence-corrected chi connectivity index (χ2v) is 7.02. The first-order valence-corrected chi connectivity index (χ1v) is 9.77. The average Bonchev–Trinajstić information content (AvgIpc) is 3.20. The molecule has 0 atom stereocenters. The Morgan fingerprint density at radius 2 is 1.63 bits per heavy atom. The number of oxazole rings is 1. The van der Waals surface area contributed by atoms with Crippen LogP contribution in [0.4, 0.5) is 10.1 Å². The summed E-state index contributed by atoms with van der Waals surface area (Å²) in [5.41, 5.74) is 3.90. The zero-order chi connectivity index (χ0) is 20.9. The molecule has 4 rings (SSSR count). The Bertz CT molecular complexity index is 1100. The number of halogens is 1. The van der Waals surface area contributed by atoms with Gasteiger partial charge in [-0.05, 0) is 24.6 Å². The van der Waals surface area contributed by atoms with Gasteiger partial charge in [-0.1, -0.05) is 66.7 Å². The van der Waals surface area contributed by atoms with Crippen molar-refractivity contribution in [3.8, 4) is 22.6 Å². The van der Waals surface area contributed by atoms with Gasteiger partial charge in [-0.25, -0.2) is 9.37 Å². The molecule has 0 saturated carbocycles. The third kappa shape index (κ3) is 4.46. The number of rotatable bonds is 6. The van der Waals surface area contributed by atoms with E-state index in [1.165, 1.54) is 12.1 Å². The number of amides is 1. The molecular weight excluding hydrogens is 379 g/mol. The maximum Gasteiger partial charge on any atom is 0.224 e. The highest BCUT2D eigenvalue weighted by molar-refractivity contribution is 5.91. The fraction of sp³-hybridized carbons (Fsp3) is 0.120. The maximum absolute atomic E-state index is 13.4. The first-order valence-electron chi connectivity index (χ1n) is 9.77. The van der Waals surface area contributed by atoms with Gasteiger partial charge in [0.25, 0.3) is 0 Å². The second-order valence-electron chi connectivity index (χ2n) is 7.02. The van der Waals surface area contributed by atoms with Crippen LogP contribution in [0.3, 0.4) is 0 Å². The van der Waals surface area contributed by atoms with E-state index in [9.17, 15) is 9.18 Å². The van der Waals surface area contributed by atoms with E-state index in [0.29, 0.717) is 23.8 Å². The molecule has 0 aliphatic heterocycles. The monoisotopic (exact) mass is 400 g/mol. The molecule has 0 unspecified atom stereocenters. The van der Waals surface area contributed by atoms with Crippen LogP contribution in [-0.2, 0) is 11.2 Å². The van der Waals surface area contributed by atoms with Crippen molar-refractivity contribution in [2.75, 3.05) is 5.32 Å². The fourth-order valence-electron chi connectivity index (χ4n) is 3.21. The van der Waals surface area contributed by atoms with Crippen molar-refractivity contribution in [2.45, 2.75) is 19.8 Å². The smallest absolute Gasteiger partial charge is 0.224 e. The lowest BCUT2D eigenvalue weighted by molar-refractivity contribution is -0.116. The van der Waals surface area contributed by atoms with Gasteiger partial charge in [0.15, 0.2) is 11.7 Å². The molecule has 0 saturated heterocycles. The van der Waals surface area contributed by atoms with Crippen molar-refractivity contribution in [3.05, 3.63) is 96.1 Å². The molecule has 0 aliphatic rings. The van der Waals surface area contributed by atoms with Crippen LogP contribution in [0.1, 0.15) is 17.9 Å². The van der Waals surface area contributed by atoms with Gasteiger partial charge < -0.3 is 9.73 Å². The van der Waals surface area contributed by atoms with E-state index in [1.807, 2.05) is 67.6 Å². The number of hydrogen-bond donors (Lipinski definition) is 1. The summed E-state index contributed by atoms with van der Waals surface area (Å²) in [5, 5.41) is 2.76. The molecular formula is C25H21FN2O2. The van der Waals surface area contributed by atoms with Crippen LogP contribution in [-0.4, -0.2) is 10.9 Å². The van der Waals surface area contributed by atoms with E-state index in [0.717, 1.165) is 22.4 Å². The van der Waals surface area contributed by atoms with Gasteiger partial charge >= 0.3 is 0 Å². The van der Waals surface area contributed by atoms with Gasteiger partial charge in [-0.3, -0.25) is 4.79 Å². The first kappa shape index (κ1) is 19.6. The lowest BCUT2D eigenvalue weighted by atomic mass is 10.1. The Hall–Kier alpha value is -3.73. The highest BCUT2D eigenvalue weighted by Gasteiger charge is 2.17. The van der Waals surface area contributed by atoms with E-state index >= 15 is 0 Å². The number of anilines is 1. The number of nitrogens with one attached hydrogen (secondary N) is 1. The van der Waals surface area contributed by atoms with Crippen LogP contribution in [0.5, 0.6) is 0 Å². The predicted molar refractivity (Wildman–Crippen MR) is 115 cm³/mol. The number of aryl methyl sites for hydroxylation is 2. The van der Waals surface area contributed by atoms with Gasteiger partial charge in [-0.2, -0.15) is 0 Å². The van der Waals surface area contributed by atoms with Crippen molar-refractivity contribution in [1.29, 1.82) is 0 Å². The Morgan fingerprint density at radius 3 is 2.33 bits per heavy atom. The van der Waals surface area contributed by atoms with Crippen molar-refractivity contribution in [3.63, 3.8) is 0 Å². The number of carbonyl (C=O) groups is 1. The van der Waals surface area contributed by atoms with Crippen LogP contribution in [0.2, 0.25) is 0 Å². The zero-order valence-corrected chi connectivity index (χ0v) is 16.6. The minimum atomic E-state index is -0.386. The summed E-state index contributed by atoms with van der Waals surface area (Å²) in [6.07, 6.45) is 0.520. The molecule has 3 aromatic carbocycles. The molecule has 0 aliphatic carbocycles. The van der Waals surface area contributed by atoms with E-state index in [-0.39, 0.29) is 18.1 Å². The molecule has 4 aromatic rings. The summed E-state index contributed by atoms with van der Waals surface area (Å²) in [7, 11) is 0. The topological polar surface area (TPSA) is 55.1 Å². The molecule has 0 bridgehead atoms. The number of hydrogen-bond acceptors (Lipinski definition) is 3. The molecule has 0 fully saturated rings. The van der Waals surface area contributed by atoms with Crippen molar-refractivity contribution in [2.24, 2.45) is 0 Å². The summed E-state index contributed by atoms with van der Waals surface area (Å²) in [6.45, 7) is 1.82. The molecule has 4 nitrogen and oxygen atoms in total. The van der Waals surface area contributed by atoms with E-state index < -0.39 is 0 Å². The third-order valence-corrected chi connectivity index (χ3v) is 4.79. The summed E-state index contributed by atoms with van der Waals surface area (Å²) in [4.78, 5) is 17.0. The minimum Gasteiger partial charge on any atom is -0.440 e. The van der Waals surface area contributed by atoms with Gasteiger partial charge in [-0.15, -0.1) is 0 Å². The predicted octanol–water partition coefficient (Wildman–Crippen LogP) is 6.03. The largest absolute Gasteiger partial charge is 0.440 e. The average molecular weight is 400 g/mol. The van der Waals surface area contributed by atoms with Gasteiger partial charge in [0.1, 0.15) is 11.5 Å². The number of carbonyl (C=O) groups excluding carboxylic acids is 1. The molecule has 0 spiro atoms. The SMILES string of the molecule is Cc1ccc(F)cc1NC(=O)CCc1nc(-c2ccccc2)c(-c2ccccc2)o1. The molecule has 5 heteroatoms. The molecule has 1 amide bonds. The van der Waals surface area contributed by atoms with Gasteiger partial charge in [0, 0.05) is 29.7 Å². The molecule has 150 valence electrons. The Morgan fingerprint density at radius 1 is 0.967 bits per heavy atom. The highest BCUT2D eigenvalue weighted by atomic mass is 19.1. The zero-order valence-electron chi connectivity index (χ0n) is 16.6. The summed E-state index contributed by atoms with van der Waals surface area (Å²) >= 11 is 0. The maximum atomic E-state index is 13.4. The van der Waals surface area contributed by atoms with Crippen LogP contribution in [0, 0.1) is 12.7 Å². The molecule has 0 radical (unpaired) electrons. The number of nitrogens with zero attached hydrogens (tertiary/aromatic N) is 1. The molecule has 30 heavy (non-hydrogen) atoms. The van der Waals surface area contributed by atoms with E-state index in [2.05, 4.69) is 10.3 Å². The number of aromatic nitrogens is 1. The molecule has 1 aromatic heterocycles. The van der Waals surface area contributed by atoms with Crippen LogP contribution < -0.4 is 5.32 Å². The Kier molecular flexibility index (Phi) is 5.70. The van der Waals surface area contributed by atoms with Crippen molar-refractivity contribution >= 4 is 11.6 Å². The van der Waals surface area contributed by atoms with E-state index in [4.69, 9.17) is 4.42 Å².